The first-order valence-electron chi connectivity index (χ1n) is 4.71. The molecule has 0 saturated heterocycles. The van der Waals surface area contributed by atoms with Crippen molar-refractivity contribution < 1.29 is 0 Å². The van der Waals surface area contributed by atoms with Gasteiger partial charge in [0.05, 0.1) is 0 Å². The van der Waals surface area contributed by atoms with Gasteiger partial charge in [-0.3, -0.25) is 0 Å². The molecule has 0 fully saturated rings. The molecule has 2 heteroatoms. The zero-order valence-corrected chi connectivity index (χ0v) is 9.59. The summed E-state index contributed by atoms with van der Waals surface area (Å²) >= 11 is 11.7. The monoisotopic (exact) mass is 236 g/mol. The fourth-order valence-corrected chi connectivity index (χ4v) is 1.91. The van der Waals surface area contributed by atoms with Crippen LogP contribution in [0.3, 0.4) is 0 Å². The molecular weight excluding hydrogens is 227 g/mol. The molecule has 0 nitrogen and oxygen atoms in total. The van der Waals surface area contributed by atoms with Gasteiger partial charge in [0.1, 0.15) is 0 Å². The van der Waals surface area contributed by atoms with E-state index in [4.69, 9.17) is 23.2 Å². The maximum Gasteiger partial charge on any atom is 0.0480 e. The van der Waals surface area contributed by atoms with E-state index in [0.29, 0.717) is 5.88 Å². The van der Waals surface area contributed by atoms with Crippen molar-refractivity contribution in [1.82, 2.24) is 0 Å². The van der Waals surface area contributed by atoms with Crippen LogP contribution in [0.15, 0.2) is 48.5 Å². The Morgan fingerprint density at radius 1 is 0.867 bits per heavy atom. The van der Waals surface area contributed by atoms with E-state index in [1.165, 1.54) is 5.56 Å². The Bertz CT molecular complexity index is 446. The average Bonchev–Trinajstić information content (AvgIpc) is 2.30. The molecule has 0 aliphatic carbocycles. The molecule has 0 radical (unpaired) electrons. The van der Waals surface area contributed by atoms with Gasteiger partial charge >= 0.3 is 0 Å². The fourth-order valence-electron chi connectivity index (χ4n) is 1.55. The zero-order valence-electron chi connectivity index (χ0n) is 8.08. The summed E-state index contributed by atoms with van der Waals surface area (Å²) in [6, 6.07) is 15.9. The van der Waals surface area contributed by atoms with Crippen LogP contribution in [0.5, 0.6) is 0 Å². The first kappa shape index (κ1) is 10.5. The number of alkyl halides is 1. The summed E-state index contributed by atoms with van der Waals surface area (Å²) < 4.78 is 0. The quantitative estimate of drug-likeness (QED) is 0.661. The summed E-state index contributed by atoms with van der Waals surface area (Å²) in [7, 11) is 0. The molecule has 2 aromatic carbocycles. The van der Waals surface area contributed by atoms with Gasteiger partial charge in [0, 0.05) is 10.9 Å². The Kier molecular flexibility index (Phi) is 3.30. The van der Waals surface area contributed by atoms with Gasteiger partial charge < -0.3 is 0 Å². The Morgan fingerprint density at radius 2 is 1.53 bits per heavy atom. The molecule has 0 bridgehead atoms. The Morgan fingerprint density at radius 3 is 2.20 bits per heavy atom. The highest BCUT2D eigenvalue weighted by Crippen LogP contribution is 2.25. The van der Waals surface area contributed by atoms with Gasteiger partial charge in [-0.15, -0.1) is 11.6 Å². The summed E-state index contributed by atoms with van der Waals surface area (Å²) in [5, 5.41) is 0.752. The van der Waals surface area contributed by atoms with Crippen LogP contribution in [0.25, 0.3) is 11.1 Å². The molecule has 0 aliphatic heterocycles. The third-order valence-electron chi connectivity index (χ3n) is 2.32. The highest BCUT2D eigenvalue weighted by atomic mass is 35.5. The van der Waals surface area contributed by atoms with Crippen LogP contribution in [0.1, 0.15) is 5.56 Å². The lowest BCUT2D eigenvalue weighted by Crippen LogP contribution is -1.85. The largest absolute Gasteiger partial charge is 0.122 e. The summed E-state index contributed by atoms with van der Waals surface area (Å²) in [4.78, 5) is 0. The molecule has 0 spiro atoms. The standard InChI is InChI=1S/C13H10Cl2/c14-9-11-3-1-2-4-13(11)10-5-7-12(15)8-6-10/h1-8H,9H2. The van der Waals surface area contributed by atoms with Crippen LogP contribution in [-0.2, 0) is 5.88 Å². The lowest BCUT2D eigenvalue weighted by molar-refractivity contribution is 1.40. The van der Waals surface area contributed by atoms with E-state index in [1.54, 1.807) is 0 Å². The van der Waals surface area contributed by atoms with E-state index in [1.807, 2.05) is 42.5 Å². The van der Waals surface area contributed by atoms with Crippen molar-refractivity contribution in [2.75, 3.05) is 0 Å². The highest BCUT2D eigenvalue weighted by molar-refractivity contribution is 6.30. The molecule has 0 amide bonds. The summed E-state index contributed by atoms with van der Waals surface area (Å²) in [5.41, 5.74) is 3.46. The first-order chi connectivity index (χ1) is 7.31. The lowest BCUT2D eigenvalue weighted by Gasteiger charge is -2.06. The van der Waals surface area contributed by atoms with Crippen molar-refractivity contribution in [3.05, 3.63) is 59.1 Å². The van der Waals surface area contributed by atoms with Crippen LogP contribution in [0, 0.1) is 0 Å². The van der Waals surface area contributed by atoms with Crippen molar-refractivity contribution in [3.8, 4) is 11.1 Å². The molecule has 0 aliphatic rings. The first-order valence-corrected chi connectivity index (χ1v) is 5.62. The number of rotatable bonds is 2. The smallest absolute Gasteiger partial charge is 0.0480 e. The predicted octanol–water partition coefficient (Wildman–Crippen LogP) is 4.75. The van der Waals surface area contributed by atoms with Crippen LogP contribution >= 0.6 is 23.2 Å². The number of hydrogen-bond donors (Lipinski definition) is 0. The second kappa shape index (κ2) is 4.69. The van der Waals surface area contributed by atoms with Crippen LogP contribution in [0.2, 0.25) is 5.02 Å². The Balaban J connectivity index is 2.49. The molecule has 0 saturated carbocycles. The van der Waals surface area contributed by atoms with E-state index in [9.17, 15) is 0 Å². The molecule has 0 unspecified atom stereocenters. The minimum absolute atomic E-state index is 0.527. The second-order valence-corrected chi connectivity index (χ2v) is 4.00. The molecule has 2 rings (SSSR count). The highest BCUT2D eigenvalue weighted by Gasteiger charge is 2.02. The lowest BCUT2D eigenvalue weighted by atomic mass is 10.0. The fraction of sp³-hybridized carbons (Fsp3) is 0.0769. The van der Waals surface area contributed by atoms with Gasteiger partial charge in [0.2, 0.25) is 0 Å². The van der Waals surface area contributed by atoms with E-state index in [0.717, 1.165) is 16.1 Å². The van der Waals surface area contributed by atoms with Crippen molar-refractivity contribution in [3.63, 3.8) is 0 Å². The second-order valence-electron chi connectivity index (χ2n) is 3.30. The summed E-state index contributed by atoms with van der Waals surface area (Å²) in [5.74, 6) is 0.527. The van der Waals surface area contributed by atoms with Crippen molar-refractivity contribution in [1.29, 1.82) is 0 Å². The number of halogens is 2. The predicted molar refractivity (Wildman–Crippen MR) is 66.4 cm³/mol. The van der Waals surface area contributed by atoms with Gasteiger partial charge in [0.15, 0.2) is 0 Å². The zero-order chi connectivity index (χ0) is 10.7. The van der Waals surface area contributed by atoms with Gasteiger partial charge in [-0.05, 0) is 28.8 Å². The Hall–Kier alpha value is -0.980. The Labute approximate surface area is 99.5 Å². The maximum absolute atomic E-state index is 5.89. The summed E-state index contributed by atoms with van der Waals surface area (Å²) in [6.45, 7) is 0. The van der Waals surface area contributed by atoms with Crippen molar-refractivity contribution in [2.24, 2.45) is 0 Å². The third kappa shape index (κ3) is 2.34. The topological polar surface area (TPSA) is 0 Å². The number of hydrogen-bond acceptors (Lipinski definition) is 0. The third-order valence-corrected chi connectivity index (χ3v) is 2.86. The van der Waals surface area contributed by atoms with Gasteiger partial charge in [-0.1, -0.05) is 48.0 Å². The van der Waals surface area contributed by atoms with Crippen molar-refractivity contribution >= 4 is 23.2 Å². The van der Waals surface area contributed by atoms with E-state index in [-0.39, 0.29) is 0 Å². The minimum atomic E-state index is 0.527. The minimum Gasteiger partial charge on any atom is -0.122 e. The van der Waals surface area contributed by atoms with E-state index in [2.05, 4.69) is 6.07 Å². The normalized spacial score (nSPS) is 10.3. The molecule has 15 heavy (non-hydrogen) atoms. The van der Waals surface area contributed by atoms with Gasteiger partial charge in [-0.25, -0.2) is 0 Å². The molecule has 0 atom stereocenters. The van der Waals surface area contributed by atoms with Crippen LogP contribution < -0.4 is 0 Å². The summed E-state index contributed by atoms with van der Waals surface area (Å²) in [6.07, 6.45) is 0. The molecule has 0 N–H and O–H groups in total. The van der Waals surface area contributed by atoms with E-state index < -0.39 is 0 Å². The van der Waals surface area contributed by atoms with Gasteiger partial charge in [0.25, 0.3) is 0 Å². The SMILES string of the molecule is ClCc1ccccc1-c1ccc(Cl)cc1. The maximum atomic E-state index is 5.89. The van der Waals surface area contributed by atoms with Crippen LogP contribution in [0.4, 0.5) is 0 Å². The molecule has 76 valence electrons. The van der Waals surface area contributed by atoms with Gasteiger partial charge in [-0.2, -0.15) is 0 Å². The van der Waals surface area contributed by atoms with Crippen molar-refractivity contribution in [2.45, 2.75) is 5.88 Å². The van der Waals surface area contributed by atoms with E-state index >= 15 is 0 Å². The van der Waals surface area contributed by atoms with Crippen LogP contribution in [-0.4, -0.2) is 0 Å². The molecule has 0 aromatic heterocycles. The average molecular weight is 237 g/mol. The number of benzene rings is 2. The molecule has 0 heterocycles. The molecule has 2 aromatic rings. The molecular formula is C13H10Cl2.